The summed E-state index contributed by atoms with van der Waals surface area (Å²) in [6.07, 6.45) is 0. The summed E-state index contributed by atoms with van der Waals surface area (Å²) >= 11 is 12.3. The van der Waals surface area contributed by atoms with Gasteiger partial charge < -0.3 is 11.1 Å². The lowest BCUT2D eigenvalue weighted by Gasteiger charge is -2.17. The fraction of sp³-hybridized carbons (Fsp3) is 0.167. The molecule has 0 saturated carbocycles. The summed E-state index contributed by atoms with van der Waals surface area (Å²) in [5.41, 5.74) is 7.64. The number of hydrogen-bond donors (Lipinski definition) is 2. The topological polar surface area (TPSA) is 80.0 Å². The first kappa shape index (κ1) is 18.4. The number of halogens is 2. The summed E-state index contributed by atoms with van der Waals surface area (Å²) in [4.78, 5) is 14.8. The molecule has 6 nitrogen and oxygen atoms in total. The Balaban J connectivity index is 1.72. The van der Waals surface area contributed by atoms with Gasteiger partial charge in [0.2, 0.25) is 11.9 Å². The lowest BCUT2D eigenvalue weighted by atomic mass is 10.2. The van der Waals surface area contributed by atoms with Crippen molar-refractivity contribution in [3.8, 4) is 0 Å². The predicted octanol–water partition coefficient (Wildman–Crippen LogP) is 4.14. The zero-order valence-corrected chi connectivity index (χ0v) is 15.7. The van der Waals surface area contributed by atoms with E-state index in [1.807, 2.05) is 54.4 Å². The number of nitrogens with two attached hydrogens (primary N) is 1. The lowest BCUT2D eigenvalue weighted by Crippen LogP contribution is -2.20. The minimum atomic E-state index is 0.169. The molecule has 0 aliphatic heterocycles. The van der Waals surface area contributed by atoms with Crippen LogP contribution in [-0.2, 0) is 13.1 Å². The van der Waals surface area contributed by atoms with Gasteiger partial charge in [-0.15, -0.1) is 0 Å². The van der Waals surface area contributed by atoms with Crippen LogP contribution in [0.2, 0.25) is 10.0 Å². The Kier molecular flexibility index (Phi) is 5.88. The molecule has 0 spiro atoms. The fourth-order valence-corrected chi connectivity index (χ4v) is 2.85. The third-order valence-corrected chi connectivity index (χ3v) is 4.47. The Hall–Kier alpha value is -2.41. The molecule has 1 aromatic heterocycles. The first-order valence-corrected chi connectivity index (χ1v) is 8.71. The van der Waals surface area contributed by atoms with Crippen LogP contribution in [-0.4, -0.2) is 26.9 Å². The van der Waals surface area contributed by atoms with Crippen LogP contribution in [0, 0.1) is 0 Å². The van der Waals surface area contributed by atoms with E-state index in [1.54, 1.807) is 6.07 Å². The van der Waals surface area contributed by atoms with Gasteiger partial charge in [0.1, 0.15) is 5.82 Å². The van der Waals surface area contributed by atoms with Crippen LogP contribution in [0.25, 0.3) is 0 Å². The van der Waals surface area contributed by atoms with E-state index in [9.17, 15) is 0 Å². The molecule has 0 atom stereocenters. The van der Waals surface area contributed by atoms with Crippen LogP contribution >= 0.6 is 23.2 Å². The van der Waals surface area contributed by atoms with Crippen LogP contribution in [0.15, 0.2) is 48.5 Å². The first-order valence-electron chi connectivity index (χ1n) is 7.95. The highest BCUT2D eigenvalue weighted by Crippen LogP contribution is 2.26. The van der Waals surface area contributed by atoms with Crippen molar-refractivity contribution < 1.29 is 0 Å². The number of nitrogens with zero attached hydrogens (tertiary/aromatic N) is 4. The molecule has 3 aromatic rings. The number of para-hydroxylation sites is 1. The van der Waals surface area contributed by atoms with Gasteiger partial charge in [-0.3, -0.25) is 4.90 Å². The van der Waals surface area contributed by atoms with Gasteiger partial charge in [0.25, 0.3) is 0 Å². The molecule has 0 amide bonds. The smallest absolute Gasteiger partial charge is 0.232 e. The highest BCUT2D eigenvalue weighted by Gasteiger charge is 2.11. The van der Waals surface area contributed by atoms with E-state index < -0.39 is 0 Å². The molecule has 134 valence electrons. The van der Waals surface area contributed by atoms with Crippen molar-refractivity contribution in [3.05, 3.63) is 70.0 Å². The van der Waals surface area contributed by atoms with E-state index in [2.05, 4.69) is 20.3 Å². The molecule has 0 aliphatic carbocycles. The second-order valence-electron chi connectivity index (χ2n) is 5.81. The summed E-state index contributed by atoms with van der Waals surface area (Å²) in [5, 5.41) is 4.22. The minimum absolute atomic E-state index is 0.169. The van der Waals surface area contributed by atoms with Crippen molar-refractivity contribution in [2.75, 3.05) is 18.1 Å². The molecule has 26 heavy (non-hydrogen) atoms. The maximum atomic E-state index is 6.25. The molecular formula is C18H18Cl2N6. The van der Waals surface area contributed by atoms with Gasteiger partial charge in [0.15, 0.2) is 0 Å². The first-order chi connectivity index (χ1) is 12.5. The number of anilines is 3. The quantitative estimate of drug-likeness (QED) is 0.660. The van der Waals surface area contributed by atoms with E-state index in [0.29, 0.717) is 34.9 Å². The van der Waals surface area contributed by atoms with Gasteiger partial charge >= 0.3 is 0 Å². The van der Waals surface area contributed by atoms with Gasteiger partial charge in [-0.1, -0.05) is 53.5 Å². The van der Waals surface area contributed by atoms with Gasteiger partial charge in [-0.25, -0.2) is 0 Å². The maximum absolute atomic E-state index is 6.25. The Labute approximate surface area is 162 Å². The number of benzene rings is 2. The van der Waals surface area contributed by atoms with E-state index in [0.717, 1.165) is 11.3 Å². The molecular weight excluding hydrogens is 371 g/mol. The monoisotopic (exact) mass is 388 g/mol. The molecule has 0 unspecified atom stereocenters. The molecule has 3 rings (SSSR count). The van der Waals surface area contributed by atoms with Crippen LogP contribution in [0.5, 0.6) is 0 Å². The van der Waals surface area contributed by atoms with Crippen molar-refractivity contribution >= 4 is 40.8 Å². The standard InChI is InChI=1S/C18H18Cl2N6/c1-26(10-12-6-5-9-14(19)16(12)20)11-15-23-17(21)25-18(24-15)22-13-7-3-2-4-8-13/h2-9H,10-11H2,1H3,(H3,21,22,23,24,25). The van der Waals surface area contributed by atoms with E-state index in [4.69, 9.17) is 28.9 Å². The number of hydrogen-bond acceptors (Lipinski definition) is 6. The maximum Gasteiger partial charge on any atom is 0.232 e. The summed E-state index contributed by atoms with van der Waals surface area (Å²) < 4.78 is 0. The summed E-state index contributed by atoms with van der Waals surface area (Å²) in [6, 6.07) is 15.2. The third-order valence-electron chi connectivity index (χ3n) is 3.61. The van der Waals surface area contributed by atoms with Crippen molar-refractivity contribution in [1.29, 1.82) is 0 Å². The molecule has 2 aromatic carbocycles. The molecule has 0 bridgehead atoms. The predicted molar refractivity (Wildman–Crippen MR) is 106 cm³/mol. The molecule has 8 heteroatoms. The van der Waals surface area contributed by atoms with Gasteiger partial charge in [-0.2, -0.15) is 15.0 Å². The van der Waals surface area contributed by atoms with Crippen molar-refractivity contribution in [3.63, 3.8) is 0 Å². The SMILES string of the molecule is CN(Cc1nc(N)nc(Nc2ccccc2)n1)Cc1cccc(Cl)c1Cl. The summed E-state index contributed by atoms with van der Waals surface area (Å²) in [6.45, 7) is 1.09. The highest BCUT2D eigenvalue weighted by atomic mass is 35.5. The summed E-state index contributed by atoms with van der Waals surface area (Å²) in [7, 11) is 1.95. The number of aromatic nitrogens is 3. The van der Waals surface area contributed by atoms with Gasteiger partial charge in [0.05, 0.1) is 16.6 Å². The third kappa shape index (κ3) is 4.82. The van der Waals surface area contributed by atoms with Gasteiger partial charge in [-0.05, 0) is 30.8 Å². The average molecular weight is 389 g/mol. The number of nitrogens with one attached hydrogen (secondary N) is 1. The van der Waals surface area contributed by atoms with E-state index in [1.165, 1.54) is 0 Å². The van der Waals surface area contributed by atoms with Crippen LogP contribution < -0.4 is 11.1 Å². The van der Waals surface area contributed by atoms with E-state index >= 15 is 0 Å². The molecule has 3 N–H and O–H groups in total. The Morgan fingerprint density at radius 2 is 1.73 bits per heavy atom. The Morgan fingerprint density at radius 1 is 0.962 bits per heavy atom. The zero-order valence-electron chi connectivity index (χ0n) is 14.2. The number of rotatable bonds is 6. The fourth-order valence-electron chi connectivity index (χ4n) is 2.47. The molecule has 0 radical (unpaired) electrons. The lowest BCUT2D eigenvalue weighted by molar-refractivity contribution is 0.310. The average Bonchev–Trinajstić information content (AvgIpc) is 2.59. The second kappa shape index (κ2) is 8.31. The number of nitrogen functional groups attached to an aromatic ring is 1. The molecule has 0 saturated heterocycles. The van der Waals surface area contributed by atoms with Crippen molar-refractivity contribution in [2.45, 2.75) is 13.1 Å². The molecule has 1 heterocycles. The van der Waals surface area contributed by atoms with Crippen LogP contribution in [0.1, 0.15) is 11.4 Å². The normalized spacial score (nSPS) is 10.9. The minimum Gasteiger partial charge on any atom is -0.368 e. The Bertz CT molecular complexity index is 888. The van der Waals surface area contributed by atoms with Crippen molar-refractivity contribution in [1.82, 2.24) is 19.9 Å². The zero-order chi connectivity index (χ0) is 18.5. The molecule has 0 aliphatic rings. The van der Waals surface area contributed by atoms with Crippen molar-refractivity contribution in [2.24, 2.45) is 0 Å². The largest absolute Gasteiger partial charge is 0.368 e. The van der Waals surface area contributed by atoms with Crippen LogP contribution in [0.3, 0.4) is 0 Å². The van der Waals surface area contributed by atoms with Crippen LogP contribution in [0.4, 0.5) is 17.6 Å². The Morgan fingerprint density at radius 3 is 2.50 bits per heavy atom. The van der Waals surface area contributed by atoms with Gasteiger partial charge in [0, 0.05) is 12.2 Å². The summed E-state index contributed by atoms with van der Waals surface area (Å²) in [5.74, 6) is 1.15. The second-order valence-corrected chi connectivity index (χ2v) is 6.59. The molecule has 0 fully saturated rings. The highest BCUT2D eigenvalue weighted by molar-refractivity contribution is 6.42. The van der Waals surface area contributed by atoms with E-state index in [-0.39, 0.29) is 5.95 Å².